The van der Waals surface area contributed by atoms with Gasteiger partial charge in [0.15, 0.2) is 18.1 Å². The van der Waals surface area contributed by atoms with E-state index in [0.29, 0.717) is 30.4 Å². The summed E-state index contributed by atoms with van der Waals surface area (Å²) in [6.45, 7) is 2.58. The second kappa shape index (κ2) is 10.4. The van der Waals surface area contributed by atoms with Gasteiger partial charge in [-0.15, -0.1) is 0 Å². The molecule has 1 aliphatic heterocycles. The van der Waals surface area contributed by atoms with Crippen molar-refractivity contribution in [1.82, 2.24) is 9.88 Å². The van der Waals surface area contributed by atoms with Crippen molar-refractivity contribution in [2.45, 2.75) is 38.6 Å². The Labute approximate surface area is 194 Å². The molecule has 1 atom stereocenters. The number of benzene rings is 2. The lowest BCUT2D eigenvalue weighted by Crippen LogP contribution is -2.41. The molecule has 7 heteroatoms. The second-order valence-electron chi connectivity index (χ2n) is 8.23. The summed E-state index contributed by atoms with van der Waals surface area (Å²) in [5, 5.41) is 0. The van der Waals surface area contributed by atoms with Crippen LogP contribution in [0.3, 0.4) is 0 Å². The van der Waals surface area contributed by atoms with Crippen molar-refractivity contribution >= 4 is 5.91 Å². The van der Waals surface area contributed by atoms with E-state index in [4.69, 9.17) is 18.6 Å². The van der Waals surface area contributed by atoms with E-state index in [1.54, 1.807) is 20.4 Å². The number of nitrogens with zero attached hydrogens (tertiary/aromatic N) is 2. The summed E-state index contributed by atoms with van der Waals surface area (Å²) in [4.78, 5) is 19.4. The van der Waals surface area contributed by atoms with E-state index < -0.39 is 0 Å². The first-order valence-electron chi connectivity index (χ1n) is 11.2. The summed E-state index contributed by atoms with van der Waals surface area (Å²) >= 11 is 0. The Bertz CT molecular complexity index is 1090. The highest BCUT2D eigenvalue weighted by atomic mass is 16.5. The van der Waals surface area contributed by atoms with Crippen molar-refractivity contribution in [3.63, 3.8) is 0 Å². The maximum atomic E-state index is 13.1. The van der Waals surface area contributed by atoms with Gasteiger partial charge in [-0.3, -0.25) is 4.79 Å². The van der Waals surface area contributed by atoms with Gasteiger partial charge in [0, 0.05) is 13.0 Å². The quantitative estimate of drug-likeness (QED) is 0.494. The Kier molecular flexibility index (Phi) is 7.17. The standard InChI is InChI=1S/C26H30N2O5/c1-18-10-11-23(24(13-18)31-3)32-17-25(29)28-12-5-4-9-22(28)26-27-16-21(33-26)15-19-7-6-8-20(14-19)30-2/h6-8,10-11,13-14,16,22H,4-5,9,12,15,17H2,1-3H3. The average molecular weight is 451 g/mol. The predicted molar refractivity (Wildman–Crippen MR) is 124 cm³/mol. The average Bonchev–Trinajstić information content (AvgIpc) is 3.31. The molecule has 0 bridgehead atoms. The van der Waals surface area contributed by atoms with Gasteiger partial charge in [-0.25, -0.2) is 4.98 Å². The zero-order valence-electron chi connectivity index (χ0n) is 19.4. The number of hydrogen-bond donors (Lipinski definition) is 0. The van der Waals surface area contributed by atoms with Crippen LogP contribution in [-0.2, 0) is 11.2 Å². The van der Waals surface area contributed by atoms with Gasteiger partial charge in [0.2, 0.25) is 5.89 Å². The number of oxazole rings is 1. The van der Waals surface area contributed by atoms with Crippen LogP contribution in [0.15, 0.2) is 53.1 Å². The SMILES string of the molecule is COc1cccc(Cc2cnc(C3CCCCN3C(=O)COc3ccc(C)cc3OC)o2)c1. The molecule has 4 rings (SSSR count). The monoisotopic (exact) mass is 450 g/mol. The Morgan fingerprint density at radius 3 is 2.82 bits per heavy atom. The van der Waals surface area contributed by atoms with Gasteiger partial charge in [0.1, 0.15) is 17.6 Å². The number of hydrogen-bond acceptors (Lipinski definition) is 6. The van der Waals surface area contributed by atoms with Crippen molar-refractivity contribution in [2.24, 2.45) is 0 Å². The van der Waals surface area contributed by atoms with Crippen molar-refractivity contribution in [3.05, 3.63) is 71.4 Å². The van der Waals surface area contributed by atoms with Gasteiger partial charge >= 0.3 is 0 Å². The van der Waals surface area contributed by atoms with Crippen LogP contribution < -0.4 is 14.2 Å². The normalized spacial score (nSPS) is 15.8. The van der Waals surface area contributed by atoms with Gasteiger partial charge in [-0.1, -0.05) is 18.2 Å². The molecule has 2 heterocycles. The molecule has 1 aromatic heterocycles. The molecule has 0 saturated carbocycles. The summed E-state index contributed by atoms with van der Waals surface area (Å²) in [7, 11) is 3.24. The number of likely N-dealkylation sites (tertiary alicyclic amines) is 1. The number of methoxy groups -OCH3 is 2. The number of amides is 1. The van der Waals surface area contributed by atoms with Crippen LogP contribution in [0.1, 0.15) is 48.1 Å². The van der Waals surface area contributed by atoms with Crippen LogP contribution in [0.2, 0.25) is 0 Å². The highest BCUT2D eigenvalue weighted by molar-refractivity contribution is 5.78. The summed E-state index contributed by atoms with van der Waals surface area (Å²) in [5.41, 5.74) is 2.14. The molecule has 1 saturated heterocycles. The number of rotatable bonds is 8. The van der Waals surface area contributed by atoms with E-state index in [9.17, 15) is 4.79 Å². The van der Waals surface area contributed by atoms with Crippen LogP contribution >= 0.6 is 0 Å². The molecule has 2 aromatic carbocycles. The largest absolute Gasteiger partial charge is 0.497 e. The first kappa shape index (κ1) is 22.7. The molecule has 33 heavy (non-hydrogen) atoms. The van der Waals surface area contributed by atoms with Crippen LogP contribution in [0.25, 0.3) is 0 Å². The summed E-state index contributed by atoms with van der Waals surface area (Å²) in [5.74, 6) is 3.23. The third-order valence-electron chi connectivity index (χ3n) is 5.86. The van der Waals surface area contributed by atoms with Gasteiger partial charge in [-0.05, 0) is 61.6 Å². The molecule has 1 amide bonds. The molecule has 0 N–H and O–H groups in total. The fourth-order valence-corrected chi connectivity index (χ4v) is 4.15. The van der Waals surface area contributed by atoms with E-state index in [-0.39, 0.29) is 18.6 Å². The van der Waals surface area contributed by atoms with Crippen LogP contribution in [-0.4, -0.2) is 43.2 Å². The lowest BCUT2D eigenvalue weighted by Gasteiger charge is -2.33. The van der Waals surface area contributed by atoms with Crippen molar-refractivity contribution in [1.29, 1.82) is 0 Å². The fourth-order valence-electron chi connectivity index (χ4n) is 4.15. The van der Waals surface area contributed by atoms with E-state index in [2.05, 4.69) is 4.98 Å². The van der Waals surface area contributed by atoms with Crippen molar-refractivity contribution < 1.29 is 23.4 Å². The molecule has 0 spiro atoms. The minimum atomic E-state index is -0.186. The van der Waals surface area contributed by atoms with E-state index in [1.807, 2.05) is 54.3 Å². The number of carbonyl (C=O) groups excluding carboxylic acids is 1. The molecule has 7 nitrogen and oxygen atoms in total. The zero-order chi connectivity index (χ0) is 23.2. The number of ether oxygens (including phenoxy) is 3. The van der Waals surface area contributed by atoms with Crippen LogP contribution in [0.5, 0.6) is 17.2 Å². The summed E-state index contributed by atoms with van der Waals surface area (Å²) in [6, 6.07) is 13.3. The highest BCUT2D eigenvalue weighted by Crippen LogP contribution is 2.32. The lowest BCUT2D eigenvalue weighted by molar-refractivity contribution is -0.137. The third-order valence-corrected chi connectivity index (χ3v) is 5.86. The van der Waals surface area contributed by atoms with Gasteiger partial charge in [0.05, 0.1) is 20.4 Å². The zero-order valence-corrected chi connectivity index (χ0v) is 19.4. The van der Waals surface area contributed by atoms with Crippen molar-refractivity contribution in [3.8, 4) is 17.2 Å². The number of carbonyl (C=O) groups is 1. The number of piperidine rings is 1. The topological polar surface area (TPSA) is 74.0 Å². The Morgan fingerprint density at radius 2 is 2.00 bits per heavy atom. The molecule has 1 aliphatic rings. The Hall–Kier alpha value is -3.48. The maximum absolute atomic E-state index is 13.1. The van der Waals surface area contributed by atoms with Crippen LogP contribution in [0.4, 0.5) is 0 Å². The minimum Gasteiger partial charge on any atom is -0.497 e. The van der Waals surface area contributed by atoms with E-state index in [0.717, 1.165) is 41.9 Å². The smallest absolute Gasteiger partial charge is 0.261 e. The van der Waals surface area contributed by atoms with Gasteiger partial charge in [-0.2, -0.15) is 0 Å². The van der Waals surface area contributed by atoms with E-state index in [1.165, 1.54) is 0 Å². The van der Waals surface area contributed by atoms with Gasteiger partial charge < -0.3 is 23.5 Å². The number of aryl methyl sites for hydroxylation is 1. The predicted octanol–water partition coefficient (Wildman–Crippen LogP) is 4.72. The lowest BCUT2D eigenvalue weighted by atomic mass is 10.0. The first-order valence-corrected chi connectivity index (χ1v) is 11.2. The Morgan fingerprint density at radius 1 is 1.12 bits per heavy atom. The molecule has 0 radical (unpaired) electrons. The van der Waals surface area contributed by atoms with Gasteiger partial charge in [0.25, 0.3) is 5.91 Å². The highest BCUT2D eigenvalue weighted by Gasteiger charge is 2.31. The molecule has 0 aliphatic carbocycles. The summed E-state index contributed by atoms with van der Waals surface area (Å²) < 4.78 is 22.6. The van der Waals surface area contributed by atoms with Crippen molar-refractivity contribution in [2.75, 3.05) is 27.4 Å². The fraction of sp³-hybridized carbons (Fsp3) is 0.385. The first-order chi connectivity index (χ1) is 16.1. The minimum absolute atomic E-state index is 0.0622. The van der Waals surface area contributed by atoms with Crippen LogP contribution in [0, 0.1) is 6.92 Å². The molecule has 174 valence electrons. The second-order valence-corrected chi connectivity index (χ2v) is 8.23. The molecular weight excluding hydrogens is 420 g/mol. The summed E-state index contributed by atoms with van der Waals surface area (Å²) in [6.07, 6.45) is 5.15. The third kappa shape index (κ3) is 5.48. The maximum Gasteiger partial charge on any atom is 0.261 e. The number of aromatic nitrogens is 1. The Balaban J connectivity index is 1.43. The molecule has 1 unspecified atom stereocenters. The molecular formula is C26H30N2O5. The molecule has 3 aromatic rings. The molecule has 1 fully saturated rings. The van der Waals surface area contributed by atoms with E-state index >= 15 is 0 Å².